The number of rotatable bonds is 3. The Bertz CT molecular complexity index is 1180. The number of fused-ring (bicyclic) bond motifs is 2. The summed E-state index contributed by atoms with van der Waals surface area (Å²) in [5.74, 6) is 0.438. The van der Waals surface area contributed by atoms with Crippen LogP contribution in [0.2, 0.25) is 0 Å². The van der Waals surface area contributed by atoms with E-state index in [0.29, 0.717) is 17.3 Å². The SMILES string of the molecule is CC1(C)CC(NC(=O)Cn2c(=O)[nH]c(=O)c3ccccc32)c2ccccc2O1. The Hall–Kier alpha value is -3.35. The fourth-order valence-corrected chi connectivity index (χ4v) is 3.71. The molecule has 1 amide bonds. The molecule has 1 unspecified atom stereocenters. The Morgan fingerprint density at radius 3 is 2.71 bits per heavy atom. The first-order chi connectivity index (χ1) is 13.3. The lowest BCUT2D eigenvalue weighted by atomic mass is 9.89. The van der Waals surface area contributed by atoms with Crippen LogP contribution in [0.25, 0.3) is 10.9 Å². The summed E-state index contributed by atoms with van der Waals surface area (Å²) in [6.07, 6.45) is 0.608. The highest BCUT2D eigenvalue weighted by Crippen LogP contribution is 2.39. The van der Waals surface area contributed by atoms with Gasteiger partial charge in [0.1, 0.15) is 17.9 Å². The van der Waals surface area contributed by atoms with Crippen molar-refractivity contribution in [1.82, 2.24) is 14.9 Å². The van der Waals surface area contributed by atoms with E-state index in [0.717, 1.165) is 11.3 Å². The van der Waals surface area contributed by atoms with Crippen LogP contribution in [0.3, 0.4) is 0 Å². The lowest BCUT2D eigenvalue weighted by molar-refractivity contribution is -0.122. The standard InChI is InChI=1S/C21H21N3O4/c1-21(2)11-15(13-7-4-6-10-17(13)28-21)22-18(25)12-24-16-9-5-3-8-14(16)19(26)23-20(24)27/h3-10,15H,11-12H2,1-2H3,(H,22,25)(H,23,26,27). The number of para-hydroxylation sites is 2. The van der Waals surface area contributed by atoms with Crippen molar-refractivity contribution in [3.05, 3.63) is 74.9 Å². The average Bonchev–Trinajstić information content (AvgIpc) is 2.64. The van der Waals surface area contributed by atoms with Crippen LogP contribution in [0.5, 0.6) is 5.75 Å². The van der Waals surface area contributed by atoms with E-state index in [1.54, 1.807) is 24.3 Å². The first kappa shape index (κ1) is 18.0. The molecule has 2 heterocycles. The fourth-order valence-electron chi connectivity index (χ4n) is 3.71. The lowest BCUT2D eigenvalue weighted by Crippen LogP contribution is -2.43. The molecule has 7 heteroatoms. The first-order valence-electron chi connectivity index (χ1n) is 9.13. The topological polar surface area (TPSA) is 93.2 Å². The van der Waals surface area contributed by atoms with E-state index >= 15 is 0 Å². The number of nitrogens with zero attached hydrogens (tertiary/aromatic N) is 1. The molecule has 0 saturated heterocycles. The normalized spacial score (nSPS) is 17.6. The highest BCUT2D eigenvalue weighted by molar-refractivity contribution is 5.81. The Morgan fingerprint density at radius 2 is 1.89 bits per heavy atom. The maximum Gasteiger partial charge on any atom is 0.329 e. The molecular weight excluding hydrogens is 358 g/mol. The lowest BCUT2D eigenvalue weighted by Gasteiger charge is -2.37. The number of H-pyrrole nitrogens is 1. The highest BCUT2D eigenvalue weighted by atomic mass is 16.5. The van der Waals surface area contributed by atoms with Gasteiger partial charge in [0.25, 0.3) is 5.56 Å². The van der Waals surface area contributed by atoms with E-state index < -0.39 is 16.9 Å². The zero-order chi connectivity index (χ0) is 19.9. The van der Waals surface area contributed by atoms with E-state index in [1.807, 2.05) is 38.1 Å². The number of aromatic nitrogens is 2. The van der Waals surface area contributed by atoms with Crippen LogP contribution in [-0.2, 0) is 11.3 Å². The van der Waals surface area contributed by atoms with E-state index in [1.165, 1.54) is 4.57 Å². The highest BCUT2D eigenvalue weighted by Gasteiger charge is 2.34. The third kappa shape index (κ3) is 3.31. The van der Waals surface area contributed by atoms with Crippen molar-refractivity contribution in [2.24, 2.45) is 0 Å². The molecule has 1 aromatic heterocycles. The van der Waals surface area contributed by atoms with E-state index in [9.17, 15) is 14.4 Å². The van der Waals surface area contributed by atoms with Gasteiger partial charge >= 0.3 is 5.69 Å². The molecule has 28 heavy (non-hydrogen) atoms. The molecular formula is C21H21N3O4. The van der Waals surface area contributed by atoms with Gasteiger partial charge in [-0.15, -0.1) is 0 Å². The zero-order valence-electron chi connectivity index (χ0n) is 15.7. The molecule has 4 rings (SSSR count). The molecule has 7 nitrogen and oxygen atoms in total. The van der Waals surface area contributed by atoms with Crippen LogP contribution in [0.4, 0.5) is 0 Å². The van der Waals surface area contributed by atoms with Gasteiger partial charge in [0.2, 0.25) is 5.91 Å². The summed E-state index contributed by atoms with van der Waals surface area (Å²) in [5.41, 5.74) is -0.148. The number of benzene rings is 2. The Balaban J connectivity index is 1.64. The van der Waals surface area contributed by atoms with E-state index in [4.69, 9.17) is 4.74 Å². The van der Waals surface area contributed by atoms with Crippen LogP contribution in [-0.4, -0.2) is 21.1 Å². The number of carbonyl (C=O) groups excluding carboxylic acids is 1. The quantitative estimate of drug-likeness (QED) is 0.729. The Labute approximate surface area is 161 Å². The van der Waals surface area contributed by atoms with Gasteiger partial charge in [-0.05, 0) is 32.0 Å². The summed E-state index contributed by atoms with van der Waals surface area (Å²) < 4.78 is 7.27. The molecule has 0 bridgehead atoms. The molecule has 144 valence electrons. The van der Waals surface area contributed by atoms with Crippen molar-refractivity contribution in [3.63, 3.8) is 0 Å². The van der Waals surface area contributed by atoms with Crippen molar-refractivity contribution in [3.8, 4) is 5.75 Å². The zero-order valence-corrected chi connectivity index (χ0v) is 15.7. The molecule has 0 aliphatic carbocycles. The molecule has 3 aromatic rings. The maximum absolute atomic E-state index is 12.8. The number of ether oxygens (including phenoxy) is 1. The number of carbonyl (C=O) groups is 1. The second-order valence-electron chi connectivity index (χ2n) is 7.59. The van der Waals surface area contributed by atoms with Crippen LogP contribution in [0.1, 0.15) is 31.9 Å². The van der Waals surface area contributed by atoms with Crippen LogP contribution < -0.4 is 21.3 Å². The second-order valence-corrected chi connectivity index (χ2v) is 7.59. The van der Waals surface area contributed by atoms with Crippen LogP contribution in [0.15, 0.2) is 58.1 Å². The minimum absolute atomic E-state index is 0.184. The Morgan fingerprint density at radius 1 is 1.18 bits per heavy atom. The average molecular weight is 379 g/mol. The number of amides is 1. The molecule has 2 N–H and O–H groups in total. The smallest absolute Gasteiger partial charge is 0.329 e. The van der Waals surface area contributed by atoms with Gasteiger partial charge < -0.3 is 10.1 Å². The van der Waals surface area contributed by atoms with Gasteiger partial charge in [-0.25, -0.2) is 4.79 Å². The van der Waals surface area contributed by atoms with Crippen molar-refractivity contribution in [2.75, 3.05) is 0 Å². The van der Waals surface area contributed by atoms with Crippen LogP contribution in [0, 0.1) is 0 Å². The molecule has 0 fully saturated rings. The molecule has 1 atom stereocenters. The van der Waals surface area contributed by atoms with Gasteiger partial charge in [0.15, 0.2) is 0 Å². The third-order valence-electron chi connectivity index (χ3n) is 4.92. The minimum atomic E-state index is -0.605. The van der Waals surface area contributed by atoms with Gasteiger partial charge in [-0.3, -0.25) is 19.1 Å². The van der Waals surface area contributed by atoms with Crippen molar-refractivity contribution in [1.29, 1.82) is 0 Å². The van der Waals surface area contributed by atoms with E-state index in [-0.39, 0.29) is 18.5 Å². The van der Waals surface area contributed by atoms with Gasteiger partial charge in [-0.2, -0.15) is 0 Å². The molecule has 0 saturated carbocycles. The maximum atomic E-state index is 12.8. The van der Waals surface area contributed by atoms with Crippen molar-refractivity contribution in [2.45, 2.75) is 38.5 Å². The molecule has 0 spiro atoms. The fraction of sp³-hybridized carbons (Fsp3) is 0.286. The van der Waals surface area contributed by atoms with Crippen molar-refractivity contribution >= 4 is 16.8 Å². The summed E-state index contributed by atoms with van der Waals surface area (Å²) >= 11 is 0. The third-order valence-corrected chi connectivity index (χ3v) is 4.92. The summed E-state index contributed by atoms with van der Waals surface area (Å²) in [5, 5.41) is 3.38. The van der Waals surface area contributed by atoms with Crippen molar-refractivity contribution < 1.29 is 9.53 Å². The monoisotopic (exact) mass is 379 g/mol. The van der Waals surface area contributed by atoms with Gasteiger partial charge in [-0.1, -0.05) is 30.3 Å². The minimum Gasteiger partial charge on any atom is -0.487 e. The summed E-state index contributed by atoms with van der Waals surface area (Å²) in [6.45, 7) is 3.76. The van der Waals surface area contributed by atoms with Crippen LogP contribution >= 0.6 is 0 Å². The molecule has 1 aliphatic rings. The Kier molecular flexibility index (Phi) is 4.30. The molecule has 0 radical (unpaired) electrons. The molecule has 1 aliphatic heterocycles. The largest absolute Gasteiger partial charge is 0.487 e. The summed E-state index contributed by atoms with van der Waals surface area (Å²) in [7, 11) is 0. The number of nitrogens with one attached hydrogen (secondary N) is 2. The predicted molar refractivity (Wildman–Crippen MR) is 105 cm³/mol. The second kappa shape index (κ2) is 6.67. The molecule has 2 aromatic carbocycles. The first-order valence-corrected chi connectivity index (χ1v) is 9.13. The van der Waals surface area contributed by atoms with E-state index in [2.05, 4.69) is 10.3 Å². The summed E-state index contributed by atoms with van der Waals surface area (Å²) in [4.78, 5) is 39.3. The van der Waals surface area contributed by atoms with Gasteiger partial charge in [0, 0.05) is 12.0 Å². The summed E-state index contributed by atoms with van der Waals surface area (Å²) in [6, 6.07) is 14.1. The number of hydrogen-bond acceptors (Lipinski definition) is 4. The predicted octanol–water partition coefficient (Wildman–Crippen LogP) is 2.11. The number of hydrogen-bond donors (Lipinski definition) is 2. The number of aromatic amines is 1. The van der Waals surface area contributed by atoms with Gasteiger partial charge in [0.05, 0.1) is 16.9 Å².